The summed E-state index contributed by atoms with van der Waals surface area (Å²) in [6.07, 6.45) is 3.57. The van der Waals surface area contributed by atoms with Crippen molar-refractivity contribution in [1.29, 1.82) is 0 Å². The zero-order valence-electron chi connectivity index (χ0n) is 23.8. The molecule has 5 heterocycles. The number of aromatic nitrogens is 4. The van der Waals surface area contributed by atoms with Gasteiger partial charge in [-0.15, -0.1) is 0 Å². The number of nitrogens with two attached hydrogens (primary N) is 1. The van der Waals surface area contributed by atoms with Crippen LogP contribution in [0.25, 0.3) is 39.5 Å². The van der Waals surface area contributed by atoms with Gasteiger partial charge in [0, 0.05) is 49.0 Å². The molecule has 7 rings (SSSR count). The minimum atomic E-state index is -3.37. The summed E-state index contributed by atoms with van der Waals surface area (Å²) in [5.74, 6) is 1.10. The maximum absolute atomic E-state index is 12.3. The minimum absolute atomic E-state index is 0.0203. The number of rotatable bonds is 7. The van der Waals surface area contributed by atoms with Crippen molar-refractivity contribution in [2.24, 2.45) is 5.41 Å². The number of nitrogens with zero attached hydrogens (tertiary/aromatic N) is 6. The highest BCUT2D eigenvalue weighted by Crippen LogP contribution is 2.41. The molecule has 2 aliphatic heterocycles. The molecule has 2 fully saturated rings. The topological polar surface area (TPSA) is 110 Å². The summed E-state index contributed by atoms with van der Waals surface area (Å²) in [5.41, 5.74) is 12.6. The third kappa shape index (κ3) is 5.11. The quantitative estimate of drug-likeness (QED) is 0.280. The normalized spacial score (nSPS) is 19.4. The summed E-state index contributed by atoms with van der Waals surface area (Å²) in [6, 6.07) is 26.4. The summed E-state index contributed by atoms with van der Waals surface area (Å²) in [7, 11) is -3.37. The Kier molecular flexibility index (Phi) is 6.84. The Morgan fingerprint density at radius 1 is 0.907 bits per heavy atom. The summed E-state index contributed by atoms with van der Waals surface area (Å²) >= 11 is 0. The molecule has 43 heavy (non-hydrogen) atoms. The van der Waals surface area contributed by atoms with Crippen LogP contribution in [0.1, 0.15) is 18.4 Å². The molecule has 1 spiro atoms. The molecule has 2 saturated heterocycles. The molecule has 2 aromatic carbocycles. The first-order chi connectivity index (χ1) is 20.8. The van der Waals surface area contributed by atoms with Gasteiger partial charge in [-0.3, -0.25) is 9.47 Å². The number of sulfonamides is 1. The number of imidazole rings is 1. The van der Waals surface area contributed by atoms with Crippen LogP contribution in [0.4, 0.5) is 5.82 Å². The van der Waals surface area contributed by atoms with Crippen LogP contribution >= 0.6 is 0 Å². The van der Waals surface area contributed by atoms with Gasteiger partial charge in [0.25, 0.3) is 0 Å². The second kappa shape index (κ2) is 10.7. The second-order valence-electron chi connectivity index (χ2n) is 11.5. The number of likely N-dealkylation sites (tertiary alicyclic amines) is 1. The van der Waals surface area contributed by atoms with E-state index in [1.165, 1.54) is 5.56 Å². The van der Waals surface area contributed by atoms with E-state index in [4.69, 9.17) is 15.7 Å². The maximum Gasteiger partial charge on any atom is 0.235 e. The van der Waals surface area contributed by atoms with Crippen molar-refractivity contribution in [3.63, 3.8) is 0 Å². The lowest BCUT2D eigenvalue weighted by molar-refractivity contribution is 0.260. The Labute approximate surface area is 251 Å². The number of hydrogen-bond donors (Lipinski definition) is 1. The summed E-state index contributed by atoms with van der Waals surface area (Å²) < 4.78 is 28.3. The average Bonchev–Trinajstić information content (AvgIpc) is 3.75. The van der Waals surface area contributed by atoms with E-state index in [1.807, 2.05) is 54.6 Å². The largest absolute Gasteiger partial charge is 0.383 e. The van der Waals surface area contributed by atoms with Crippen molar-refractivity contribution in [3.05, 3.63) is 103 Å². The van der Waals surface area contributed by atoms with E-state index >= 15 is 0 Å². The lowest BCUT2D eigenvalue weighted by Crippen LogP contribution is -2.33. The predicted octanol–water partition coefficient (Wildman–Crippen LogP) is 5.10. The Morgan fingerprint density at radius 2 is 1.70 bits per heavy atom. The SMILES string of the molecule is C=CS(=O)(=O)N1CCC2(CCN(Cc3ccc(-n4c(-c5cccnc5N)nc5ccc(-c6ccccc6)nc54)cc3)C2)C1. The first kappa shape index (κ1) is 27.5. The molecular weight excluding hydrogens is 558 g/mol. The third-order valence-corrected chi connectivity index (χ3v) is 10.2. The molecule has 5 aromatic rings. The van der Waals surface area contributed by atoms with Gasteiger partial charge in [-0.05, 0) is 66.8 Å². The number of pyridine rings is 2. The minimum Gasteiger partial charge on any atom is -0.383 e. The number of anilines is 1. The van der Waals surface area contributed by atoms with E-state index in [2.05, 4.69) is 45.3 Å². The molecule has 3 aromatic heterocycles. The zero-order valence-corrected chi connectivity index (χ0v) is 24.6. The lowest BCUT2D eigenvalue weighted by atomic mass is 9.86. The monoisotopic (exact) mass is 591 g/mol. The zero-order chi connectivity index (χ0) is 29.6. The van der Waals surface area contributed by atoms with Gasteiger partial charge in [0.1, 0.15) is 11.3 Å². The van der Waals surface area contributed by atoms with Crippen LogP contribution in [-0.4, -0.2) is 63.3 Å². The maximum atomic E-state index is 12.3. The van der Waals surface area contributed by atoms with Crippen LogP contribution in [0.5, 0.6) is 0 Å². The molecular formula is C33H33N7O2S. The van der Waals surface area contributed by atoms with Crippen molar-refractivity contribution < 1.29 is 8.42 Å². The van der Waals surface area contributed by atoms with Crippen LogP contribution in [0.3, 0.4) is 0 Å². The van der Waals surface area contributed by atoms with E-state index in [0.717, 1.165) is 71.6 Å². The Hall–Kier alpha value is -4.38. The second-order valence-corrected chi connectivity index (χ2v) is 13.4. The number of fused-ring (bicyclic) bond motifs is 1. The van der Waals surface area contributed by atoms with Crippen molar-refractivity contribution in [1.82, 2.24) is 28.7 Å². The van der Waals surface area contributed by atoms with Crippen LogP contribution in [0.15, 0.2) is 97.0 Å². The first-order valence-corrected chi connectivity index (χ1v) is 15.9. The molecule has 0 saturated carbocycles. The third-order valence-electron chi connectivity index (χ3n) is 8.75. The highest BCUT2D eigenvalue weighted by molar-refractivity contribution is 7.92. The van der Waals surface area contributed by atoms with Gasteiger partial charge >= 0.3 is 0 Å². The van der Waals surface area contributed by atoms with E-state index in [-0.39, 0.29) is 5.41 Å². The smallest absolute Gasteiger partial charge is 0.235 e. The average molecular weight is 592 g/mol. The van der Waals surface area contributed by atoms with Crippen LogP contribution < -0.4 is 5.73 Å². The van der Waals surface area contributed by atoms with Crippen LogP contribution in [0.2, 0.25) is 0 Å². The highest BCUT2D eigenvalue weighted by Gasteiger charge is 2.45. The summed E-state index contributed by atoms with van der Waals surface area (Å²) in [5, 5.41) is 1.07. The van der Waals surface area contributed by atoms with Crippen molar-refractivity contribution >= 4 is 27.0 Å². The van der Waals surface area contributed by atoms with Gasteiger partial charge in [0.15, 0.2) is 11.5 Å². The number of benzene rings is 2. The molecule has 9 nitrogen and oxygen atoms in total. The number of hydrogen-bond acceptors (Lipinski definition) is 7. The molecule has 218 valence electrons. The lowest BCUT2D eigenvalue weighted by Gasteiger charge is -2.24. The van der Waals surface area contributed by atoms with Gasteiger partial charge in [0.2, 0.25) is 10.0 Å². The van der Waals surface area contributed by atoms with E-state index in [1.54, 1.807) is 10.5 Å². The van der Waals surface area contributed by atoms with Gasteiger partial charge < -0.3 is 5.73 Å². The molecule has 0 radical (unpaired) electrons. The first-order valence-electron chi connectivity index (χ1n) is 14.4. The van der Waals surface area contributed by atoms with Crippen molar-refractivity contribution in [2.45, 2.75) is 19.4 Å². The summed E-state index contributed by atoms with van der Waals surface area (Å²) in [4.78, 5) is 16.7. The Morgan fingerprint density at radius 3 is 2.47 bits per heavy atom. The standard InChI is InChI=1S/C33H33N7O2S/c1-2-43(41,42)39-20-17-33(23-39)16-19-38(22-33)21-24-10-12-26(13-11-24)40-31(27-9-6-18-35-30(27)34)37-29-15-14-28(36-32(29)40)25-7-4-3-5-8-25/h2-15,18H,1,16-17,19-23H2,(H2,34,35). The molecule has 0 bridgehead atoms. The summed E-state index contributed by atoms with van der Waals surface area (Å²) in [6.45, 7) is 7.28. The molecule has 0 amide bonds. The fraction of sp³-hybridized carbons (Fsp3) is 0.242. The Balaban J connectivity index is 1.19. The molecule has 2 aliphatic rings. The van der Waals surface area contributed by atoms with E-state index in [9.17, 15) is 8.42 Å². The molecule has 1 atom stereocenters. The van der Waals surface area contributed by atoms with Gasteiger partial charge in [0.05, 0.1) is 11.3 Å². The van der Waals surface area contributed by atoms with Gasteiger partial charge in [-0.25, -0.2) is 23.4 Å². The van der Waals surface area contributed by atoms with Crippen LogP contribution in [0, 0.1) is 5.41 Å². The number of nitrogen functional groups attached to an aromatic ring is 1. The van der Waals surface area contributed by atoms with E-state index < -0.39 is 10.0 Å². The van der Waals surface area contributed by atoms with Crippen LogP contribution in [-0.2, 0) is 16.6 Å². The molecule has 0 aliphatic carbocycles. The highest BCUT2D eigenvalue weighted by atomic mass is 32.2. The fourth-order valence-corrected chi connectivity index (χ4v) is 7.49. The van der Waals surface area contributed by atoms with Crippen molar-refractivity contribution in [2.75, 3.05) is 31.9 Å². The van der Waals surface area contributed by atoms with Gasteiger partial charge in [-0.1, -0.05) is 49.0 Å². The van der Waals surface area contributed by atoms with E-state index in [0.29, 0.717) is 24.7 Å². The van der Waals surface area contributed by atoms with Gasteiger partial charge in [-0.2, -0.15) is 4.31 Å². The van der Waals surface area contributed by atoms with Crippen molar-refractivity contribution in [3.8, 4) is 28.3 Å². The fourth-order valence-electron chi connectivity index (χ4n) is 6.48. The predicted molar refractivity (Wildman–Crippen MR) is 170 cm³/mol. The molecule has 10 heteroatoms. The molecule has 1 unspecified atom stereocenters. The molecule has 2 N–H and O–H groups in total. The Bertz CT molecular complexity index is 1920.